The van der Waals surface area contributed by atoms with Crippen LogP contribution in [0, 0.1) is 5.82 Å². The Balaban J connectivity index is 1.84. The molecule has 1 atom stereocenters. The summed E-state index contributed by atoms with van der Waals surface area (Å²) in [5.74, 6) is -0.123. The third kappa shape index (κ3) is 3.24. The van der Waals surface area contributed by atoms with Crippen molar-refractivity contribution < 1.29 is 23.1 Å². The Hall–Kier alpha value is -3.61. The third-order valence-electron chi connectivity index (χ3n) is 4.62. The number of ether oxygens (including phenoxy) is 2. The number of hydrogen-bond donors (Lipinski definition) is 1. The third-order valence-corrected chi connectivity index (χ3v) is 4.62. The van der Waals surface area contributed by atoms with Crippen LogP contribution < -0.4 is 20.2 Å². The fraction of sp³-hybridized carbons (Fsp3) is 0.182. The van der Waals surface area contributed by atoms with Gasteiger partial charge in [0, 0.05) is 0 Å². The molecule has 29 heavy (non-hydrogen) atoms. The molecule has 1 aromatic heterocycles. The quantitative estimate of drug-likeness (QED) is 0.644. The molecule has 0 saturated carbocycles. The smallest absolute Gasteiger partial charge is 0.288 e. The second-order valence-corrected chi connectivity index (χ2v) is 6.46. The largest absolute Gasteiger partial charge is 0.490 e. The van der Waals surface area contributed by atoms with Gasteiger partial charge in [-0.15, -0.1) is 0 Å². The number of carbonyl (C=O) groups excluding carboxylic acids is 1. The lowest BCUT2D eigenvalue weighted by Gasteiger charge is -2.16. The van der Waals surface area contributed by atoms with Crippen LogP contribution in [0.25, 0.3) is 11.0 Å². The van der Waals surface area contributed by atoms with Crippen molar-refractivity contribution in [2.45, 2.75) is 13.0 Å². The van der Waals surface area contributed by atoms with Crippen LogP contribution in [-0.2, 0) is 0 Å². The van der Waals surface area contributed by atoms with Crippen LogP contribution in [0.2, 0.25) is 0 Å². The van der Waals surface area contributed by atoms with Crippen molar-refractivity contribution in [2.75, 3.05) is 13.2 Å². The number of nitrogens with one attached hydrogen (secondary N) is 1. The summed E-state index contributed by atoms with van der Waals surface area (Å²) in [6, 6.07) is 8.03. The van der Waals surface area contributed by atoms with Gasteiger partial charge in [-0.1, -0.05) is 18.7 Å². The van der Waals surface area contributed by atoms with Crippen molar-refractivity contribution in [3.8, 4) is 11.5 Å². The Kier molecular flexibility index (Phi) is 4.80. The second kappa shape index (κ2) is 7.43. The van der Waals surface area contributed by atoms with Crippen LogP contribution in [0.5, 0.6) is 11.5 Å². The predicted octanol–water partition coefficient (Wildman–Crippen LogP) is 3.73. The maximum absolute atomic E-state index is 13.6. The van der Waals surface area contributed by atoms with E-state index in [0.717, 1.165) is 6.07 Å². The second-order valence-electron chi connectivity index (χ2n) is 6.46. The lowest BCUT2D eigenvalue weighted by molar-refractivity contribution is 0.0938. The van der Waals surface area contributed by atoms with E-state index in [4.69, 9.17) is 13.9 Å². The first-order valence-electron chi connectivity index (χ1n) is 9.11. The number of halogens is 1. The van der Waals surface area contributed by atoms with Gasteiger partial charge in [-0.3, -0.25) is 9.59 Å². The van der Waals surface area contributed by atoms with E-state index >= 15 is 0 Å². The molecule has 1 N–H and O–H groups in total. The Labute approximate surface area is 165 Å². The van der Waals surface area contributed by atoms with Crippen LogP contribution in [0.15, 0.2) is 58.3 Å². The molecule has 0 aliphatic carbocycles. The monoisotopic (exact) mass is 395 g/mol. The summed E-state index contributed by atoms with van der Waals surface area (Å²) < 4.78 is 30.5. The predicted molar refractivity (Wildman–Crippen MR) is 105 cm³/mol. The molecule has 0 bridgehead atoms. The van der Waals surface area contributed by atoms with E-state index in [0.29, 0.717) is 30.3 Å². The minimum absolute atomic E-state index is 0.0657. The van der Waals surface area contributed by atoms with Crippen LogP contribution >= 0.6 is 0 Å². The minimum Gasteiger partial charge on any atom is -0.490 e. The molecule has 2 aromatic carbocycles. The van der Waals surface area contributed by atoms with Gasteiger partial charge < -0.3 is 19.2 Å². The van der Waals surface area contributed by atoms with Gasteiger partial charge in [0.1, 0.15) is 18.0 Å². The highest BCUT2D eigenvalue weighted by Gasteiger charge is 2.36. The SMILES string of the molecule is C=CCOc1ccc(C2NC(=O)c3oc4ccc(F)cc4c(=O)c32)cc1OCC. The molecule has 4 rings (SSSR count). The van der Waals surface area contributed by atoms with Crippen LogP contribution in [-0.4, -0.2) is 19.1 Å². The molecule has 3 aromatic rings. The van der Waals surface area contributed by atoms with E-state index in [1.165, 1.54) is 12.1 Å². The summed E-state index contributed by atoms with van der Waals surface area (Å²) in [6.07, 6.45) is 1.62. The summed E-state index contributed by atoms with van der Waals surface area (Å²) in [5.41, 5.74) is 0.480. The molecular formula is C22H18FNO5. The molecule has 1 unspecified atom stereocenters. The van der Waals surface area contributed by atoms with E-state index in [1.54, 1.807) is 24.3 Å². The van der Waals surface area contributed by atoms with E-state index < -0.39 is 23.2 Å². The summed E-state index contributed by atoms with van der Waals surface area (Å²) in [4.78, 5) is 25.5. The highest BCUT2D eigenvalue weighted by molar-refractivity contribution is 5.99. The molecule has 1 amide bonds. The highest BCUT2D eigenvalue weighted by atomic mass is 19.1. The first-order valence-corrected chi connectivity index (χ1v) is 9.11. The van der Waals surface area contributed by atoms with Gasteiger partial charge in [-0.25, -0.2) is 4.39 Å². The van der Waals surface area contributed by atoms with E-state index in [1.807, 2.05) is 6.92 Å². The molecule has 2 heterocycles. The Morgan fingerprint density at radius 2 is 2.00 bits per heavy atom. The molecular weight excluding hydrogens is 377 g/mol. The first kappa shape index (κ1) is 18.7. The zero-order chi connectivity index (χ0) is 20.5. The van der Waals surface area contributed by atoms with Crippen molar-refractivity contribution >= 4 is 16.9 Å². The fourth-order valence-corrected chi connectivity index (χ4v) is 3.37. The number of carbonyl (C=O) groups is 1. The summed E-state index contributed by atoms with van der Waals surface area (Å²) in [5, 5.41) is 2.84. The van der Waals surface area contributed by atoms with Crippen molar-refractivity contribution in [2.24, 2.45) is 0 Å². The normalized spacial score (nSPS) is 15.1. The van der Waals surface area contributed by atoms with Crippen LogP contribution in [0.3, 0.4) is 0 Å². The molecule has 7 heteroatoms. The molecule has 148 valence electrons. The maximum atomic E-state index is 13.6. The molecule has 1 aliphatic heterocycles. The van der Waals surface area contributed by atoms with E-state index in [9.17, 15) is 14.0 Å². The summed E-state index contributed by atoms with van der Waals surface area (Å²) >= 11 is 0. The van der Waals surface area contributed by atoms with Gasteiger partial charge >= 0.3 is 0 Å². The Bertz CT molecular complexity index is 1180. The van der Waals surface area contributed by atoms with Crippen LogP contribution in [0.4, 0.5) is 4.39 Å². The lowest BCUT2D eigenvalue weighted by atomic mass is 9.99. The number of benzene rings is 2. The van der Waals surface area contributed by atoms with E-state index in [2.05, 4.69) is 11.9 Å². The van der Waals surface area contributed by atoms with Crippen LogP contribution in [0.1, 0.15) is 34.6 Å². The minimum atomic E-state index is -0.742. The molecule has 6 nitrogen and oxygen atoms in total. The average molecular weight is 395 g/mol. The lowest BCUT2D eigenvalue weighted by Crippen LogP contribution is -2.22. The average Bonchev–Trinajstić information content (AvgIpc) is 3.05. The molecule has 0 radical (unpaired) electrons. The Morgan fingerprint density at radius 1 is 1.17 bits per heavy atom. The molecule has 1 aliphatic rings. The van der Waals surface area contributed by atoms with Gasteiger partial charge in [0.15, 0.2) is 16.9 Å². The van der Waals surface area contributed by atoms with Crippen molar-refractivity contribution in [1.29, 1.82) is 0 Å². The number of fused-ring (bicyclic) bond motifs is 2. The van der Waals surface area contributed by atoms with Gasteiger partial charge in [0.05, 0.1) is 23.6 Å². The highest BCUT2D eigenvalue weighted by Crippen LogP contribution is 2.36. The summed E-state index contributed by atoms with van der Waals surface area (Å²) in [7, 11) is 0. The van der Waals surface area contributed by atoms with Crippen molar-refractivity contribution in [3.63, 3.8) is 0 Å². The topological polar surface area (TPSA) is 77.8 Å². The Morgan fingerprint density at radius 3 is 2.76 bits per heavy atom. The number of hydrogen-bond acceptors (Lipinski definition) is 5. The van der Waals surface area contributed by atoms with Gasteiger partial charge in [-0.05, 0) is 42.8 Å². The van der Waals surface area contributed by atoms with Gasteiger partial charge in [0.2, 0.25) is 5.76 Å². The van der Waals surface area contributed by atoms with Crippen molar-refractivity contribution in [1.82, 2.24) is 5.32 Å². The van der Waals surface area contributed by atoms with Gasteiger partial charge in [-0.2, -0.15) is 0 Å². The first-order chi connectivity index (χ1) is 14.0. The zero-order valence-electron chi connectivity index (χ0n) is 15.7. The van der Waals surface area contributed by atoms with Gasteiger partial charge in [0.25, 0.3) is 5.91 Å². The molecule has 0 fully saturated rings. The molecule has 0 spiro atoms. The standard InChI is InChI=1S/C22H18FNO5/c1-3-9-28-16-7-5-12(10-17(16)27-4-2)19-18-20(25)14-11-13(23)6-8-15(14)29-21(18)22(26)24-19/h3,5-8,10-11,19H,1,4,9H2,2H3,(H,24,26). The zero-order valence-corrected chi connectivity index (χ0v) is 15.7. The number of rotatable bonds is 6. The van der Waals surface area contributed by atoms with E-state index in [-0.39, 0.29) is 22.3 Å². The fourth-order valence-electron chi connectivity index (χ4n) is 3.37. The summed E-state index contributed by atoms with van der Waals surface area (Å²) in [6.45, 7) is 6.18. The maximum Gasteiger partial charge on any atom is 0.288 e. The van der Waals surface area contributed by atoms with Crippen molar-refractivity contribution in [3.05, 3.63) is 82.0 Å². The number of amides is 1. The molecule has 0 saturated heterocycles.